The third kappa shape index (κ3) is 5.39. The average molecular weight is 486 g/mol. The number of ether oxygens (including phenoxy) is 1. The van der Waals surface area contributed by atoms with Gasteiger partial charge in [-0.3, -0.25) is 9.78 Å². The Morgan fingerprint density at radius 1 is 1.26 bits per heavy atom. The fourth-order valence-electron chi connectivity index (χ4n) is 3.62. The number of halogens is 3. The summed E-state index contributed by atoms with van der Waals surface area (Å²) in [7, 11) is 0. The highest BCUT2D eigenvalue weighted by molar-refractivity contribution is 6.20. The molecule has 1 aliphatic rings. The molecular weight excluding hydrogens is 468 g/mol. The predicted octanol–water partition coefficient (Wildman–Crippen LogP) is 4.01. The average Bonchev–Trinajstić information content (AvgIpc) is 3.25. The SMILES string of the molecule is N#Cc1ccncc1-c1cc(C(=O)Nc2ccc(OC(F)(F)Cl)cc2)cnc1N1CCC(O)C1. The number of hydrogen-bond acceptors (Lipinski definition) is 7. The maximum Gasteiger partial charge on any atom is 0.487 e. The third-order valence-corrected chi connectivity index (χ3v) is 5.25. The van der Waals surface area contributed by atoms with E-state index in [0.29, 0.717) is 47.7 Å². The normalized spacial score (nSPS) is 15.6. The molecule has 1 aromatic carbocycles. The minimum absolute atomic E-state index is 0.167. The van der Waals surface area contributed by atoms with Crippen molar-refractivity contribution >= 4 is 29.0 Å². The van der Waals surface area contributed by atoms with Crippen LogP contribution in [0.4, 0.5) is 20.3 Å². The number of alkyl halides is 3. The molecule has 8 nitrogen and oxygen atoms in total. The van der Waals surface area contributed by atoms with E-state index in [9.17, 15) is 23.9 Å². The van der Waals surface area contributed by atoms with Crippen molar-refractivity contribution in [2.24, 2.45) is 0 Å². The van der Waals surface area contributed by atoms with Gasteiger partial charge < -0.3 is 20.1 Å². The van der Waals surface area contributed by atoms with Gasteiger partial charge in [-0.15, -0.1) is 8.78 Å². The standard InChI is InChI=1S/C23H18ClF2N5O3/c24-23(25,26)34-18-3-1-16(2-4-18)30-22(33)15-9-19(20-12-28-7-5-14(20)10-27)21(29-11-15)31-8-6-17(32)13-31/h1-5,7,9,11-12,17,32H,6,8,13H2,(H,30,33). The summed E-state index contributed by atoms with van der Waals surface area (Å²) in [6.07, 6.45) is 4.51. The van der Waals surface area contributed by atoms with Crippen molar-refractivity contribution in [1.29, 1.82) is 5.26 Å². The zero-order valence-electron chi connectivity index (χ0n) is 17.6. The van der Waals surface area contributed by atoms with Crippen LogP contribution in [0.5, 0.6) is 5.75 Å². The van der Waals surface area contributed by atoms with Crippen molar-refractivity contribution in [3.8, 4) is 22.9 Å². The molecule has 174 valence electrons. The van der Waals surface area contributed by atoms with Gasteiger partial charge in [0.25, 0.3) is 5.91 Å². The molecule has 0 radical (unpaired) electrons. The number of nitrogens with zero attached hydrogens (tertiary/aromatic N) is 4. The number of aromatic nitrogens is 2. The summed E-state index contributed by atoms with van der Waals surface area (Å²) in [6.45, 7) is 0.952. The molecule has 3 aromatic rings. The number of benzene rings is 1. The second-order valence-electron chi connectivity index (χ2n) is 7.54. The Balaban J connectivity index is 1.64. The van der Waals surface area contributed by atoms with Gasteiger partial charge in [0, 0.05) is 60.1 Å². The lowest BCUT2D eigenvalue weighted by Gasteiger charge is -2.21. The monoisotopic (exact) mass is 485 g/mol. The van der Waals surface area contributed by atoms with E-state index >= 15 is 0 Å². The van der Waals surface area contributed by atoms with Gasteiger partial charge in [0.05, 0.1) is 23.3 Å². The predicted molar refractivity (Wildman–Crippen MR) is 121 cm³/mol. The molecule has 1 unspecified atom stereocenters. The Labute approximate surface area is 198 Å². The number of anilines is 2. The van der Waals surface area contributed by atoms with Gasteiger partial charge >= 0.3 is 5.57 Å². The summed E-state index contributed by atoms with van der Waals surface area (Å²) < 4.78 is 29.8. The number of carbonyl (C=O) groups excluding carboxylic acids is 1. The second-order valence-corrected chi connectivity index (χ2v) is 7.98. The number of nitriles is 1. The van der Waals surface area contributed by atoms with Crippen molar-refractivity contribution in [2.45, 2.75) is 18.1 Å². The van der Waals surface area contributed by atoms with E-state index in [1.807, 2.05) is 4.90 Å². The maximum atomic E-state index is 12.9. The largest absolute Gasteiger partial charge is 0.487 e. The van der Waals surface area contributed by atoms with Crippen LogP contribution < -0.4 is 15.0 Å². The molecule has 4 rings (SSSR count). The molecule has 1 saturated heterocycles. The lowest BCUT2D eigenvalue weighted by molar-refractivity contribution is -0.0964. The molecule has 34 heavy (non-hydrogen) atoms. The Morgan fingerprint density at radius 2 is 2.03 bits per heavy atom. The van der Waals surface area contributed by atoms with Crippen molar-refractivity contribution in [1.82, 2.24) is 9.97 Å². The van der Waals surface area contributed by atoms with E-state index < -0.39 is 17.6 Å². The molecule has 1 atom stereocenters. The van der Waals surface area contributed by atoms with Gasteiger partial charge in [0.2, 0.25) is 0 Å². The number of amides is 1. The maximum absolute atomic E-state index is 12.9. The van der Waals surface area contributed by atoms with Crippen LogP contribution in [-0.2, 0) is 0 Å². The number of aliphatic hydroxyl groups is 1. The molecule has 0 aliphatic carbocycles. The zero-order chi connectivity index (χ0) is 24.3. The summed E-state index contributed by atoms with van der Waals surface area (Å²) >= 11 is 4.75. The van der Waals surface area contributed by atoms with Crippen molar-refractivity contribution in [3.05, 3.63) is 66.1 Å². The summed E-state index contributed by atoms with van der Waals surface area (Å²) in [6, 6.07) is 10.6. The number of rotatable bonds is 6. The Morgan fingerprint density at radius 3 is 2.68 bits per heavy atom. The van der Waals surface area contributed by atoms with E-state index in [2.05, 4.69) is 26.1 Å². The van der Waals surface area contributed by atoms with Crippen LogP contribution >= 0.6 is 11.6 Å². The number of pyridine rings is 2. The molecule has 1 aliphatic heterocycles. The first-order valence-corrected chi connectivity index (χ1v) is 10.6. The number of β-amino-alcohol motifs (C(OH)–C–C–N with tert-alkyl or cyclic N) is 1. The summed E-state index contributed by atoms with van der Waals surface area (Å²) in [5.41, 5.74) is -1.90. The number of hydrogen-bond donors (Lipinski definition) is 2. The number of aliphatic hydroxyl groups excluding tert-OH is 1. The smallest absolute Gasteiger partial charge is 0.420 e. The topological polar surface area (TPSA) is 111 Å². The van der Waals surface area contributed by atoms with Gasteiger partial charge in [-0.25, -0.2) is 4.98 Å². The van der Waals surface area contributed by atoms with Gasteiger partial charge in [0.1, 0.15) is 11.6 Å². The first-order chi connectivity index (χ1) is 16.2. The lowest BCUT2D eigenvalue weighted by Crippen LogP contribution is -2.23. The zero-order valence-corrected chi connectivity index (χ0v) is 18.3. The fourth-order valence-corrected chi connectivity index (χ4v) is 3.70. The molecule has 0 saturated carbocycles. The van der Waals surface area contributed by atoms with Gasteiger partial charge in [-0.1, -0.05) is 0 Å². The first-order valence-electron chi connectivity index (χ1n) is 10.2. The van der Waals surface area contributed by atoms with Crippen molar-refractivity contribution in [2.75, 3.05) is 23.3 Å². The van der Waals surface area contributed by atoms with Crippen LogP contribution in [0.1, 0.15) is 22.3 Å². The van der Waals surface area contributed by atoms with Crippen molar-refractivity contribution < 1.29 is 23.4 Å². The van der Waals surface area contributed by atoms with E-state index in [-0.39, 0.29) is 11.3 Å². The number of carbonyl (C=O) groups is 1. The Bertz CT molecular complexity index is 1240. The molecule has 3 heterocycles. The van der Waals surface area contributed by atoms with Crippen LogP contribution in [0.2, 0.25) is 0 Å². The molecule has 2 aromatic heterocycles. The molecule has 1 fully saturated rings. The van der Waals surface area contributed by atoms with E-state index in [1.54, 1.807) is 12.1 Å². The minimum atomic E-state index is -3.84. The summed E-state index contributed by atoms with van der Waals surface area (Å²) in [5.74, 6) is -0.138. The molecule has 11 heteroatoms. The molecule has 0 bridgehead atoms. The Kier molecular flexibility index (Phi) is 6.58. The molecule has 1 amide bonds. The summed E-state index contributed by atoms with van der Waals surface area (Å²) in [5, 5.41) is 22.2. The highest BCUT2D eigenvalue weighted by Gasteiger charge is 2.28. The molecular formula is C23H18ClF2N5O3. The quantitative estimate of drug-likeness (QED) is 0.507. The molecule has 2 N–H and O–H groups in total. The van der Waals surface area contributed by atoms with E-state index in [1.165, 1.54) is 42.9 Å². The third-order valence-electron chi connectivity index (χ3n) is 5.17. The van der Waals surface area contributed by atoms with Gasteiger partial charge in [-0.2, -0.15) is 5.26 Å². The fraction of sp³-hybridized carbons (Fsp3) is 0.217. The highest BCUT2D eigenvalue weighted by atomic mass is 35.5. The second kappa shape index (κ2) is 9.59. The minimum Gasteiger partial charge on any atom is -0.420 e. The lowest BCUT2D eigenvalue weighted by atomic mass is 10.0. The van der Waals surface area contributed by atoms with Gasteiger partial charge in [-0.05, 0) is 42.8 Å². The summed E-state index contributed by atoms with van der Waals surface area (Å²) in [4.78, 5) is 23.4. The highest BCUT2D eigenvalue weighted by Crippen LogP contribution is 2.34. The van der Waals surface area contributed by atoms with E-state index in [0.717, 1.165) is 0 Å². The Hall–Kier alpha value is -3.81. The number of nitrogens with one attached hydrogen (secondary N) is 1. The first kappa shape index (κ1) is 23.4. The van der Waals surface area contributed by atoms with Crippen LogP contribution in [0.15, 0.2) is 55.0 Å². The van der Waals surface area contributed by atoms with Gasteiger partial charge in [0.15, 0.2) is 0 Å². The van der Waals surface area contributed by atoms with Crippen LogP contribution in [0, 0.1) is 11.3 Å². The van der Waals surface area contributed by atoms with Crippen molar-refractivity contribution in [3.63, 3.8) is 0 Å². The van der Waals surface area contributed by atoms with E-state index in [4.69, 9.17) is 11.6 Å². The molecule has 0 spiro atoms. The van der Waals surface area contributed by atoms with Crippen LogP contribution in [0.3, 0.4) is 0 Å². The van der Waals surface area contributed by atoms with Crippen LogP contribution in [0.25, 0.3) is 11.1 Å². The van der Waals surface area contributed by atoms with Crippen LogP contribution in [-0.4, -0.2) is 45.7 Å².